The minimum absolute atomic E-state index is 0.383. The van der Waals surface area contributed by atoms with E-state index in [9.17, 15) is 0 Å². The van der Waals surface area contributed by atoms with Crippen LogP contribution in [0.15, 0.2) is 11.2 Å². The third kappa shape index (κ3) is 2.89. The summed E-state index contributed by atoms with van der Waals surface area (Å²) in [6.45, 7) is 4.41. The standard InChI is InChI=1S/C8H10N4S/c1-6-7(2)13-8(11-6)4-3-5-10-12-9/h3-4H,5H2,1-2H3. The van der Waals surface area contributed by atoms with Crippen LogP contribution in [0.1, 0.15) is 15.6 Å². The van der Waals surface area contributed by atoms with Crippen molar-refractivity contribution in [2.24, 2.45) is 5.11 Å². The summed E-state index contributed by atoms with van der Waals surface area (Å²) in [6, 6.07) is 0. The molecule has 13 heavy (non-hydrogen) atoms. The minimum Gasteiger partial charge on any atom is -0.242 e. The van der Waals surface area contributed by atoms with Gasteiger partial charge in [0.2, 0.25) is 0 Å². The van der Waals surface area contributed by atoms with Crippen LogP contribution in [0.2, 0.25) is 0 Å². The maximum absolute atomic E-state index is 8.02. The average molecular weight is 194 g/mol. The lowest BCUT2D eigenvalue weighted by molar-refractivity contribution is 1.20. The van der Waals surface area contributed by atoms with Crippen molar-refractivity contribution in [3.63, 3.8) is 0 Å². The zero-order chi connectivity index (χ0) is 9.68. The van der Waals surface area contributed by atoms with Crippen LogP contribution < -0.4 is 0 Å². The van der Waals surface area contributed by atoms with Gasteiger partial charge in [-0.15, -0.1) is 11.3 Å². The zero-order valence-corrected chi connectivity index (χ0v) is 8.38. The normalized spacial score (nSPS) is 10.3. The first-order chi connectivity index (χ1) is 6.24. The molecule has 0 atom stereocenters. The predicted molar refractivity (Wildman–Crippen MR) is 54.6 cm³/mol. The van der Waals surface area contributed by atoms with Gasteiger partial charge in [0.1, 0.15) is 5.01 Å². The first-order valence-corrected chi connectivity index (χ1v) is 4.67. The lowest BCUT2D eigenvalue weighted by Crippen LogP contribution is -1.73. The van der Waals surface area contributed by atoms with E-state index in [0.29, 0.717) is 6.54 Å². The molecule has 0 radical (unpaired) electrons. The van der Waals surface area contributed by atoms with Gasteiger partial charge < -0.3 is 0 Å². The molecular weight excluding hydrogens is 184 g/mol. The van der Waals surface area contributed by atoms with E-state index in [4.69, 9.17) is 5.53 Å². The van der Waals surface area contributed by atoms with Crippen LogP contribution in [0.4, 0.5) is 0 Å². The Morgan fingerprint density at radius 1 is 1.62 bits per heavy atom. The zero-order valence-electron chi connectivity index (χ0n) is 7.56. The Labute approximate surface area is 80.6 Å². The fourth-order valence-electron chi connectivity index (χ4n) is 0.806. The molecule has 0 spiro atoms. The van der Waals surface area contributed by atoms with E-state index in [-0.39, 0.29) is 0 Å². The second-order valence-electron chi connectivity index (χ2n) is 2.51. The van der Waals surface area contributed by atoms with Crippen LogP contribution in [0.3, 0.4) is 0 Å². The summed E-state index contributed by atoms with van der Waals surface area (Å²) in [7, 11) is 0. The second-order valence-corrected chi connectivity index (χ2v) is 3.74. The molecule has 0 saturated carbocycles. The van der Waals surface area contributed by atoms with Gasteiger partial charge in [0, 0.05) is 16.3 Å². The molecule has 0 aromatic carbocycles. The molecular formula is C8H10N4S. The summed E-state index contributed by atoms with van der Waals surface area (Å²) in [5, 5.41) is 4.35. The summed E-state index contributed by atoms with van der Waals surface area (Å²) < 4.78 is 0. The van der Waals surface area contributed by atoms with Crippen LogP contribution in [0.5, 0.6) is 0 Å². The van der Waals surface area contributed by atoms with Crippen molar-refractivity contribution in [2.75, 3.05) is 6.54 Å². The molecule has 4 nitrogen and oxygen atoms in total. The van der Waals surface area contributed by atoms with Crippen molar-refractivity contribution in [2.45, 2.75) is 13.8 Å². The number of aromatic nitrogens is 1. The molecule has 0 bridgehead atoms. The largest absolute Gasteiger partial charge is 0.242 e. The molecule has 1 rings (SSSR count). The Balaban J connectivity index is 2.63. The van der Waals surface area contributed by atoms with Gasteiger partial charge in [0.05, 0.1) is 5.69 Å². The van der Waals surface area contributed by atoms with E-state index in [0.717, 1.165) is 10.7 Å². The quantitative estimate of drug-likeness (QED) is 0.414. The van der Waals surface area contributed by atoms with Gasteiger partial charge in [-0.05, 0) is 25.5 Å². The van der Waals surface area contributed by atoms with E-state index >= 15 is 0 Å². The van der Waals surface area contributed by atoms with Gasteiger partial charge >= 0.3 is 0 Å². The number of azide groups is 1. The highest BCUT2D eigenvalue weighted by Gasteiger charge is 1.98. The second kappa shape index (κ2) is 4.64. The predicted octanol–water partition coefficient (Wildman–Crippen LogP) is 3.08. The van der Waals surface area contributed by atoms with Crippen molar-refractivity contribution < 1.29 is 0 Å². The van der Waals surface area contributed by atoms with Crippen molar-refractivity contribution in [1.29, 1.82) is 0 Å². The molecule has 0 aliphatic carbocycles. The number of thiazole rings is 1. The molecule has 0 aliphatic rings. The van der Waals surface area contributed by atoms with Gasteiger partial charge in [-0.2, -0.15) is 0 Å². The summed E-state index contributed by atoms with van der Waals surface area (Å²) >= 11 is 1.64. The number of hydrogen-bond donors (Lipinski definition) is 0. The molecule has 0 amide bonds. The van der Waals surface area contributed by atoms with Crippen molar-refractivity contribution in [3.8, 4) is 0 Å². The van der Waals surface area contributed by atoms with Gasteiger partial charge in [0.25, 0.3) is 0 Å². The fourth-order valence-corrected chi connectivity index (χ4v) is 1.66. The van der Waals surface area contributed by atoms with Crippen LogP contribution in [-0.4, -0.2) is 11.5 Å². The van der Waals surface area contributed by atoms with Crippen LogP contribution >= 0.6 is 11.3 Å². The molecule has 68 valence electrons. The minimum atomic E-state index is 0.383. The summed E-state index contributed by atoms with van der Waals surface area (Å²) in [4.78, 5) is 8.18. The third-order valence-electron chi connectivity index (χ3n) is 1.56. The van der Waals surface area contributed by atoms with Crippen molar-refractivity contribution in [1.82, 2.24) is 4.98 Å². The molecule has 0 N–H and O–H groups in total. The van der Waals surface area contributed by atoms with Crippen molar-refractivity contribution >= 4 is 17.4 Å². The van der Waals surface area contributed by atoms with Crippen LogP contribution in [0.25, 0.3) is 16.5 Å². The first-order valence-electron chi connectivity index (χ1n) is 3.85. The highest BCUT2D eigenvalue weighted by molar-refractivity contribution is 7.12. The average Bonchev–Trinajstić information content (AvgIpc) is 2.41. The molecule has 5 heteroatoms. The van der Waals surface area contributed by atoms with E-state index < -0.39 is 0 Å². The van der Waals surface area contributed by atoms with E-state index in [1.54, 1.807) is 17.4 Å². The maximum Gasteiger partial charge on any atom is 0.116 e. The highest BCUT2D eigenvalue weighted by Crippen LogP contribution is 2.17. The molecule has 0 saturated heterocycles. The lowest BCUT2D eigenvalue weighted by Gasteiger charge is -1.79. The third-order valence-corrected chi connectivity index (χ3v) is 2.59. The highest BCUT2D eigenvalue weighted by atomic mass is 32.1. The molecule has 0 unspecified atom stereocenters. The van der Waals surface area contributed by atoms with E-state index in [1.165, 1.54) is 4.88 Å². The van der Waals surface area contributed by atoms with Gasteiger partial charge in [0.15, 0.2) is 0 Å². The molecule has 1 heterocycles. The Hall–Kier alpha value is -1.32. The van der Waals surface area contributed by atoms with Crippen molar-refractivity contribution in [3.05, 3.63) is 32.1 Å². The molecule has 1 aromatic rings. The SMILES string of the molecule is Cc1nc(C=CCN=[N+]=[N-])sc1C. The van der Waals surface area contributed by atoms with Crippen LogP contribution in [0, 0.1) is 13.8 Å². The van der Waals surface area contributed by atoms with Crippen LogP contribution in [-0.2, 0) is 0 Å². The topological polar surface area (TPSA) is 61.7 Å². The molecule has 0 fully saturated rings. The van der Waals surface area contributed by atoms with E-state index in [1.807, 2.05) is 19.9 Å². The van der Waals surface area contributed by atoms with Gasteiger partial charge in [-0.25, -0.2) is 4.98 Å². The fraction of sp³-hybridized carbons (Fsp3) is 0.375. The monoisotopic (exact) mass is 194 g/mol. The molecule has 0 aliphatic heterocycles. The number of hydrogen-bond acceptors (Lipinski definition) is 3. The summed E-state index contributed by atoms with van der Waals surface area (Å²) in [6.07, 6.45) is 3.68. The number of nitrogens with zero attached hydrogens (tertiary/aromatic N) is 4. The summed E-state index contributed by atoms with van der Waals surface area (Å²) in [5.74, 6) is 0. The first kappa shape index (κ1) is 9.77. The Kier molecular flexibility index (Phi) is 3.49. The smallest absolute Gasteiger partial charge is 0.116 e. The Morgan fingerprint density at radius 3 is 2.92 bits per heavy atom. The van der Waals surface area contributed by atoms with E-state index in [2.05, 4.69) is 15.0 Å². The Bertz CT molecular complexity index is 341. The number of aryl methyl sites for hydroxylation is 2. The molecule has 1 aromatic heterocycles. The maximum atomic E-state index is 8.02. The lowest BCUT2D eigenvalue weighted by atomic mass is 10.4. The Morgan fingerprint density at radius 2 is 2.38 bits per heavy atom. The van der Waals surface area contributed by atoms with Gasteiger partial charge in [-0.3, -0.25) is 0 Å². The summed E-state index contributed by atoms with van der Waals surface area (Å²) in [5.41, 5.74) is 9.09. The number of rotatable bonds is 3. The van der Waals surface area contributed by atoms with Gasteiger partial charge in [-0.1, -0.05) is 11.2 Å².